The molecule has 0 radical (unpaired) electrons. The van der Waals surface area contributed by atoms with Crippen molar-refractivity contribution in [2.24, 2.45) is 0 Å². The molecule has 3 N–H and O–H groups in total. The highest BCUT2D eigenvalue weighted by molar-refractivity contribution is 5.75. The Hall–Kier alpha value is -1.30. The monoisotopic (exact) mass is 274 g/mol. The third-order valence-corrected chi connectivity index (χ3v) is 2.85. The first-order valence-electron chi connectivity index (χ1n) is 6.61. The van der Waals surface area contributed by atoms with Gasteiger partial charge in [0.15, 0.2) is 0 Å². The van der Waals surface area contributed by atoms with Gasteiger partial charge in [-0.15, -0.1) is 0 Å². The lowest BCUT2D eigenvalue weighted by Crippen LogP contribution is -2.52. The van der Waals surface area contributed by atoms with Crippen LogP contribution in [0.4, 0.5) is 4.79 Å². The highest BCUT2D eigenvalue weighted by Gasteiger charge is 2.25. The summed E-state index contributed by atoms with van der Waals surface area (Å²) < 4.78 is 0. The maximum absolute atomic E-state index is 12.1. The molecule has 0 aromatic heterocycles. The largest absolute Gasteiger partial charge is 0.481 e. The molecule has 0 fully saturated rings. The zero-order chi connectivity index (χ0) is 15.1. The second-order valence-electron chi connectivity index (χ2n) is 5.57. The van der Waals surface area contributed by atoms with Gasteiger partial charge in [-0.3, -0.25) is 4.79 Å². The molecule has 0 atom stereocenters. The maximum Gasteiger partial charge on any atom is 0.318 e. The fourth-order valence-corrected chi connectivity index (χ4v) is 1.68. The van der Waals surface area contributed by atoms with E-state index in [0.717, 1.165) is 0 Å². The van der Waals surface area contributed by atoms with Crippen molar-refractivity contribution < 1.29 is 19.8 Å². The van der Waals surface area contributed by atoms with Gasteiger partial charge < -0.3 is 20.4 Å². The highest BCUT2D eigenvalue weighted by Crippen LogP contribution is 2.13. The Morgan fingerprint density at radius 1 is 1.32 bits per heavy atom. The molecule has 0 aliphatic rings. The molecule has 0 heterocycles. The normalized spacial score (nSPS) is 11.5. The summed E-state index contributed by atoms with van der Waals surface area (Å²) in [6.07, 6.45) is 0.923. The van der Waals surface area contributed by atoms with Crippen LogP contribution in [0.25, 0.3) is 0 Å². The number of carbonyl (C=O) groups is 2. The average Bonchev–Trinajstić information content (AvgIpc) is 2.26. The molecule has 0 saturated carbocycles. The minimum Gasteiger partial charge on any atom is -0.481 e. The van der Waals surface area contributed by atoms with Crippen molar-refractivity contribution in [3.8, 4) is 0 Å². The fourth-order valence-electron chi connectivity index (χ4n) is 1.68. The molecule has 0 saturated heterocycles. The molecule has 112 valence electrons. The summed E-state index contributed by atoms with van der Waals surface area (Å²) in [6, 6.07) is -0.194. The van der Waals surface area contributed by atoms with E-state index in [0.29, 0.717) is 19.4 Å². The van der Waals surface area contributed by atoms with Crippen LogP contribution in [-0.4, -0.2) is 51.8 Å². The Labute approximate surface area is 114 Å². The number of carbonyl (C=O) groups excluding carboxylic acids is 1. The van der Waals surface area contributed by atoms with Gasteiger partial charge in [-0.2, -0.15) is 0 Å². The van der Waals surface area contributed by atoms with Gasteiger partial charge in [0.25, 0.3) is 0 Å². The molecule has 0 aliphatic carbocycles. The predicted octanol–water partition coefficient (Wildman–Crippen LogP) is 1.43. The third kappa shape index (κ3) is 7.66. The van der Waals surface area contributed by atoms with Crippen LogP contribution in [-0.2, 0) is 4.79 Å². The summed E-state index contributed by atoms with van der Waals surface area (Å²) in [5.41, 5.74) is -0.568. The number of aliphatic hydroxyl groups is 1. The van der Waals surface area contributed by atoms with E-state index >= 15 is 0 Å². The summed E-state index contributed by atoms with van der Waals surface area (Å²) in [6.45, 7) is 7.94. The Morgan fingerprint density at radius 2 is 1.89 bits per heavy atom. The molecule has 0 unspecified atom stereocenters. The molecule has 0 aromatic carbocycles. The number of nitrogens with one attached hydrogen (secondary N) is 1. The van der Waals surface area contributed by atoms with Crippen molar-refractivity contribution in [1.29, 1.82) is 0 Å². The zero-order valence-corrected chi connectivity index (χ0v) is 12.3. The maximum atomic E-state index is 12.1. The number of urea groups is 1. The predicted molar refractivity (Wildman–Crippen MR) is 73.0 cm³/mol. The van der Waals surface area contributed by atoms with Gasteiger partial charge in [-0.1, -0.05) is 0 Å². The van der Waals surface area contributed by atoms with Gasteiger partial charge in [0.05, 0.1) is 0 Å². The van der Waals surface area contributed by atoms with Crippen LogP contribution in [0.15, 0.2) is 0 Å². The number of hydrogen-bond acceptors (Lipinski definition) is 3. The topological polar surface area (TPSA) is 89.9 Å². The number of carboxylic acid groups (broad SMARTS) is 1. The van der Waals surface area contributed by atoms with Gasteiger partial charge in [0.1, 0.15) is 0 Å². The van der Waals surface area contributed by atoms with Gasteiger partial charge in [-0.25, -0.2) is 4.79 Å². The first kappa shape index (κ1) is 17.7. The van der Waals surface area contributed by atoms with Crippen molar-refractivity contribution in [2.75, 3.05) is 13.2 Å². The van der Waals surface area contributed by atoms with E-state index in [4.69, 9.17) is 10.2 Å². The van der Waals surface area contributed by atoms with Crippen molar-refractivity contribution in [3.63, 3.8) is 0 Å². The summed E-state index contributed by atoms with van der Waals surface area (Å²) in [7, 11) is 0. The smallest absolute Gasteiger partial charge is 0.318 e. The second kappa shape index (κ2) is 7.99. The van der Waals surface area contributed by atoms with Gasteiger partial charge in [0, 0.05) is 31.2 Å². The number of carboxylic acids is 1. The molecule has 0 rings (SSSR count). The van der Waals surface area contributed by atoms with Crippen LogP contribution in [0, 0.1) is 0 Å². The van der Waals surface area contributed by atoms with Gasteiger partial charge >= 0.3 is 12.0 Å². The van der Waals surface area contributed by atoms with E-state index in [1.807, 2.05) is 13.8 Å². The van der Waals surface area contributed by atoms with Crippen molar-refractivity contribution in [1.82, 2.24) is 10.2 Å². The Morgan fingerprint density at radius 3 is 2.32 bits per heavy atom. The second-order valence-corrected chi connectivity index (χ2v) is 5.57. The Bertz CT molecular complexity index is 303. The lowest BCUT2D eigenvalue weighted by atomic mass is 9.98. The molecular formula is C13H26N2O4. The molecule has 19 heavy (non-hydrogen) atoms. The molecule has 0 aliphatic heterocycles. The number of aliphatic hydroxyl groups excluding tert-OH is 1. The summed E-state index contributed by atoms with van der Waals surface area (Å²) in [5.74, 6) is -0.872. The molecule has 2 amide bonds. The van der Waals surface area contributed by atoms with Crippen LogP contribution in [0.2, 0.25) is 0 Å². The molecular weight excluding hydrogens is 248 g/mol. The van der Waals surface area contributed by atoms with E-state index < -0.39 is 11.5 Å². The van der Waals surface area contributed by atoms with Crippen LogP contribution < -0.4 is 5.32 Å². The molecule has 6 nitrogen and oxygen atoms in total. The lowest BCUT2D eigenvalue weighted by molar-refractivity contribution is -0.137. The van der Waals surface area contributed by atoms with E-state index in [2.05, 4.69) is 5.32 Å². The van der Waals surface area contributed by atoms with Crippen LogP contribution >= 0.6 is 0 Å². The van der Waals surface area contributed by atoms with E-state index in [-0.39, 0.29) is 25.1 Å². The number of hydrogen-bond donors (Lipinski definition) is 3. The van der Waals surface area contributed by atoms with Crippen LogP contribution in [0.5, 0.6) is 0 Å². The number of aliphatic carboxylic acids is 1. The summed E-state index contributed by atoms with van der Waals surface area (Å²) in [4.78, 5) is 24.3. The highest BCUT2D eigenvalue weighted by atomic mass is 16.4. The zero-order valence-electron chi connectivity index (χ0n) is 12.3. The van der Waals surface area contributed by atoms with Gasteiger partial charge in [0.2, 0.25) is 0 Å². The molecule has 0 bridgehead atoms. The first-order chi connectivity index (χ1) is 8.69. The van der Waals surface area contributed by atoms with Crippen molar-refractivity contribution in [2.45, 2.75) is 58.5 Å². The Kier molecular flexibility index (Phi) is 7.44. The standard InChI is InChI=1S/C13H26N2O4/c1-10(2)15(8-5-9-16)12(19)14-13(3,4)7-6-11(17)18/h10,16H,5-9H2,1-4H3,(H,14,19)(H,17,18). The minimum atomic E-state index is -0.872. The van der Waals surface area contributed by atoms with E-state index in [1.165, 1.54) is 0 Å². The van der Waals surface area contributed by atoms with Crippen LogP contribution in [0.3, 0.4) is 0 Å². The molecule has 6 heteroatoms. The summed E-state index contributed by atoms with van der Waals surface area (Å²) in [5, 5.41) is 20.4. The minimum absolute atomic E-state index is 0.0194. The number of amides is 2. The van der Waals surface area contributed by atoms with Crippen molar-refractivity contribution >= 4 is 12.0 Å². The lowest BCUT2D eigenvalue weighted by Gasteiger charge is -2.33. The number of rotatable bonds is 8. The van der Waals surface area contributed by atoms with E-state index in [1.54, 1.807) is 18.7 Å². The van der Waals surface area contributed by atoms with Crippen molar-refractivity contribution in [3.05, 3.63) is 0 Å². The SMILES string of the molecule is CC(C)N(CCCO)C(=O)NC(C)(C)CCC(=O)O. The first-order valence-corrected chi connectivity index (χ1v) is 6.61. The molecule has 0 spiro atoms. The molecule has 0 aromatic rings. The quantitative estimate of drug-likeness (QED) is 0.624. The van der Waals surface area contributed by atoms with E-state index in [9.17, 15) is 9.59 Å². The van der Waals surface area contributed by atoms with Gasteiger partial charge in [-0.05, 0) is 40.5 Å². The Balaban J connectivity index is 4.47. The summed E-state index contributed by atoms with van der Waals surface area (Å²) >= 11 is 0. The average molecular weight is 274 g/mol. The third-order valence-electron chi connectivity index (χ3n) is 2.85. The number of nitrogens with zero attached hydrogens (tertiary/aromatic N) is 1. The van der Waals surface area contributed by atoms with Crippen LogP contribution in [0.1, 0.15) is 47.0 Å². The fraction of sp³-hybridized carbons (Fsp3) is 0.846.